The van der Waals surface area contributed by atoms with Gasteiger partial charge in [-0.3, -0.25) is 19.9 Å². The molecule has 1 spiro atoms. The fourth-order valence-electron chi connectivity index (χ4n) is 4.95. The van der Waals surface area contributed by atoms with E-state index in [1.165, 1.54) is 5.56 Å². The zero-order valence-electron chi connectivity index (χ0n) is 16.9. The number of nitrogens with zero attached hydrogens (tertiary/aromatic N) is 2. The Morgan fingerprint density at radius 1 is 1.07 bits per heavy atom. The predicted molar refractivity (Wildman–Crippen MR) is 109 cm³/mol. The van der Waals surface area contributed by atoms with E-state index >= 15 is 0 Å². The molecule has 3 fully saturated rings. The average Bonchev–Trinajstić information content (AvgIpc) is 2.95. The number of hydrogen-bond acceptors (Lipinski definition) is 4. The van der Waals surface area contributed by atoms with Crippen molar-refractivity contribution < 1.29 is 14.4 Å². The summed E-state index contributed by atoms with van der Waals surface area (Å²) in [7, 11) is 0. The lowest BCUT2D eigenvalue weighted by atomic mass is 9.82. The number of carbonyl (C=O) groups excluding carboxylic acids is 3. The molecule has 2 N–H and O–H groups in total. The van der Waals surface area contributed by atoms with Gasteiger partial charge in [0.05, 0.1) is 6.54 Å². The summed E-state index contributed by atoms with van der Waals surface area (Å²) in [6.45, 7) is 1.05. The molecule has 1 aliphatic carbocycles. The highest BCUT2D eigenvalue weighted by molar-refractivity contribution is 6.08. The van der Waals surface area contributed by atoms with Crippen LogP contribution in [0.2, 0.25) is 0 Å². The van der Waals surface area contributed by atoms with E-state index in [0.717, 1.165) is 56.5 Å². The van der Waals surface area contributed by atoms with Crippen molar-refractivity contribution in [2.24, 2.45) is 0 Å². The second kappa shape index (κ2) is 8.53. The van der Waals surface area contributed by atoms with Gasteiger partial charge in [-0.1, -0.05) is 56.0 Å². The van der Waals surface area contributed by atoms with E-state index in [2.05, 4.69) is 27.8 Å². The van der Waals surface area contributed by atoms with Crippen LogP contribution in [0.4, 0.5) is 4.79 Å². The van der Waals surface area contributed by atoms with Crippen molar-refractivity contribution in [3.05, 3.63) is 35.9 Å². The number of rotatable bonds is 5. The molecule has 29 heavy (non-hydrogen) atoms. The maximum atomic E-state index is 12.8. The molecule has 2 saturated heterocycles. The highest BCUT2D eigenvalue weighted by Gasteiger charge is 2.52. The number of nitrogens with one attached hydrogen (secondary N) is 2. The number of amides is 4. The van der Waals surface area contributed by atoms with Crippen LogP contribution < -0.4 is 10.7 Å². The van der Waals surface area contributed by atoms with Gasteiger partial charge in [-0.05, 0) is 44.2 Å². The van der Waals surface area contributed by atoms with Gasteiger partial charge in [-0.15, -0.1) is 0 Å². The summed E-state index contributed by atoms with van der Waals surface area (Å²) >= 11 is 0. The number of benzene rings is 1. The first kappa shape index (κ1) is 19.9. The molecule has 0 aromatic heterocycles. The largest absolute Gasteiger partial charge is 0.344 e. The maximum Gasteiger partial charge on any atom is 0.344 e. The van der Waals surface area contributed by atoms with Crippen LogP contribution in [-0.2, 0) is 16.0 Å². The van der Waals surface area contributed by atoms with Crippen LogP contribution in [0.1, 0.15) is 56.9 Å². The summed E-state index contributed by atoms with van der Waals surface area (Å²) in [5.74, 6) is -0.614. The Labute approximate surface area is 171 Å². The monoisotopic (exact) mass is 398 g/mol. The minimum absolute atomic E-state index is 0.196. The number of carbonyl (C=O) groups is 3. The number of piperidine rings is 1. The van der Waals surface area contributed by atoms with Gasteiger partial charge in [-0.25, -0.2) is 4.79 Å². The normalized spacial score (nSPS) is 24.6. The molecule has 3 aliphatic rings. The first-order chi connectivity index (χ1) is 14.1. The smallest absolute Gasteiger partial charge is 0.322 e. The quantitative estimate of drug-likeness (QED) is 0.746. The van der Waals surface area contributed by atoms with Crippen LogP contribution in [0, 0.1) is 0 Å². The van der Waals surface area contributed by atoms with Crippen LogP contribution in [0.3, 0.4) is 0 Å². The molecule has 2 heterocycles. The van der Waals surface area contributed by atoms with Crippen molar-refractivity contribution in [1.82, 2.24) is 20.7 Å². The molecule has 2 aliphatic heterocycles. The summed E-state index contributed by atoms with van der Waals surface area (Å²) in [5, 5.41) is 3.74. The topological polar surface area (TPSA) is 81.8 Å². The van der Waals surface area contributed by atoms with Gasteiger partial charge < -0.3 is 5.32 Å². The van der Waals surface area contributed by atoms with Crippen LogP contribution in [0.25, 0.3) is 0 Å². The van der Waals surface area contributed by atoms with E-state index in [0.29, 0.717) is 18.9 Å². The summed E-state index contributed by atoms with van der Waals surface area (Å²) in [6.07, 6.45) is 8.38. The van der Waals surface area contributed by atoms with Crippen molar-refractivity contribution in [2.45, 2.75) is 69.4 Å². The average molecular weight is 399 g/mol. The van der Waals surface area contributed by atoms with Gasteiger partial charge >= 0.3 is 6.03 Å². The second-order valence-corrected chi connectivity index (χ2v) is 8.56. The predicted octanol–water partition coefficient (Wildman–Crippen LogP) is 2.37. The molecule has 0 radical (unpaired) electrons. The van der Waals surface area contributed by atoms with Crippen LogP contribution in [-0.4, -0.2) is 52.4 Å². The number of hydrazine groups is 1. The molecule has 0 bridgehead atoms. The Morgan fingerprint density at radius 3 is 2.59 bits per heavy atom. The third kappa shape index (κ3) is 4.29. The molecule has 7 nitrogen and oxygen atoms in total. The van der Waals surface area contributed by atoms with Crippen molar-refractivity contribution in [2.75, 3.05) is 13.1 Å². The standard InChI is InChI=1S/C22H30N4O3/c27-19(24-26-20(28)22(23-21(26)29)12-6-2-7-13-22)16-25-14-8-5-11-18(25)15-17-9-3-1-4-10-17/h1,3-4,9-10,18H,2,5-8,11-16H2,(H,23,29)(H,24,27). The summed E-state index contributed by atoms with van der Waals surface area (Å²) in [4.78, 5) is 40.1. The highest BCUT2D eigenvalue weighted by atomic mass is 16.2. The molecule has 4 amide bonds. The van der Waals surface area contributed by atoms with E-state index in [-0.39, 0.29) is 18.4 Å². The van der Waals surface area contributed by atoms with Gasteiger partial charge in [0.1, 0.15) is 5.54 Å². The Kier molecular flexibility index (Phi) is 5.85. The van der Waals surface area contributed by atoms with Crippen LogP contribution in [0.15, 0.2) is 30.3 Å². The van der Waals surface area contributed by atoms with E-state index < -0.39 is 11.6 Å². The van der Waals surface area contributed by atoms with Gasteiger partial charge in [0.25, 0.3) is 11.8 Å². The van der Waals surface area contributed by atoms with Gasteiger partial charge in [-0.2, -0.15) is 5.01 Å². The molecule has 1 aromatic carbocycles. The van der Waals surface area contributed by atoms with Gasteiger partial charge in [0.2, 0.25) is 0 Å². The van der Waals surface area contributed by atoms with Crippen molar-refractivity contribution in [3.63, 3.8) is 0 Å². The first-order valence-corrected chi connectivity index (χ1v) is 10.8. The molecular formula is C22H30N4O3. The fourth-order valence-corrected chi connectivity index (χ4v) is 4.95. The van der Waals surface area contributed by atoms with E-state index in [9.17, 15) is 14.4 Å². The Hall–Kier alpha value is -2.41. The number of hydrogen-bond donors (Lipinski definition) is 2. The highest BCUT2D eigenvalue weighted by Crippen LogP contribution is 2.33. The Bertz CT molecular complexity index is 761. The number of imide groups is 1. The summed E-state index contributed by atoms with van der Waals surface area (Å²) in [6, 6.07) is 10.1. The molecule has 1 unspecified atom stereocenters. The van der Waals surface area contributed by atoms with Crippen molar-refractivity contribution >= 4 is 17.8 Å². The molecule has 1 aromatic rings. The minimum atomic E-state index is -0.816. The Morgan fingerprint density at radius 2 is 1.83 bits per heavy atom. The fraction of sp³-hybridized carbons (Fsp3) is 0.591. The number of urea groups is 1. The molecule has 1 saturated carbocycles. The third-order valence-electron chi connectivity index (χ3n) is 6.52. The van der Waals surface area contributed by atoms with Gasteiger partial charge in [0, 0.05) is 6.04 Å². The zero-order valence-corrected chi connectivity index (χ0v) is 16.9. The SMILES string of the molecule is O=C(CN1CCCCC1Cc1ccccc1)NN1C(=O)NC2(CCCCC2)C1=O. The summed E-state index contributed by atoms with van der Waals surface area (Å²) < 4.78 is 0. The first-order valence-electron chi connectivity index (χ1n) is 10.8. The lowest BCUT2D eigenvalue weighted by Gasteiger charge is -2.35. The molecule has 1 atom stereocenters. The zero-order chi connectivity index (χ0) is 20.3. The second-order valence-electron chi connectivity index (χ2n) is 8.56. The van der Waals surface area contributed by atoms with Gasteiger partial charge in [0.15, 0.2) is 0 Å². The summed E-state index contributed by atoms with van der Waals surface area (Å²) in [5.41, 5.74) is 3.02. The lowest BCUT2D eigenvalue weighted by molar-refractivity contribution is -0.140. The van der Waals surface area contributed by atoms with Crippen LogP contribution >= 0.6 is 0 Å². The van der Waals surface area contributed by atoms with E-state index in [1.54, 1.807) is 0 Å². The molecule has 7 heteroatoms. The van der Waals surface area contributed by atoms with Crippen molar-refractivity contribution in [3.8, 4) is 0 Å². The van der Waals surface area contributed by atoms with Crippen molar-refractivity contribution in [1.29, 1.82) is 0 Å². The minimum Gasteiger partial charge on any atom is -0.322 e. The third-order valence-corrected chi connectivity index (χ3v) is 6.52. The van der Waals surface area contributed by atoms with E-state index in [4.69, 9.17) is 0 Å². The number of likely N-dealkylation sites (tertiary alicyclic amines) is 1. The molecule has 4 rings (SSSR count). The van der Waals surface area contributed by atoms with E-state index in [1.807, 2.05) is 18.2 Å². The lowest BCUT2D eigenvalue weighted by Crippen LogP contribution is -2.54. The maximum absolute atomic E-state index is 12.8. The molecule has 156 valence electrons. The van der Waals surface area contributed by atoms with Crippen LogP contribution in [0.5, 0.6) is 0 Å². The Balaban J connectivity index is 1.36. The molecular weight excluding hydrogens is 368 g/mol.